The normalized spacial score (nSPS) is 20.2. The highest BCUT2D eigenvalue weighted by atomic mass is 79.9. The number of hydrogen-bond donors (Lipinski definition) is 1. The molecule has 33 heavy (non-hydrogen) atoms. The molecule has 0 saturated heterocycles. The minimum atomic E-state index is -0.514. The van der Waals surface area contributed by atoms with Crippen LogP contribution in [0.15, 0.2) is 69.5 Å². The van der Waals surface area contributed by atoms with Crippen molar-refractivity contribution in [1.29, 1.82) is 0 Å². The molecule has 0 spiro atoms. The van der Waals surface area contributed by atoms with Gasteiger partial charge in [0.25, 0.3) is 0 Å². The second kappa shape index (κ2) is 9.43. The highest BCUT2D eigenvalue weighted by Crippen LogP contribution is 2.46. The van der Waals surface area contributed by atoms with Gasteiger partial charge in [-0.15, -0.1) is 0 Å². The van der Waals surface area contributed by atoms with E-state index in [9.17, 15) is 9.59 Å². The van der Waals surface area contributed by atoms with Crippen molar-refractivity contribution in [1.82, 2.24) is 5.32 Å². The van der Waals surface area contributed by atoms with Crippen LogP contribution in [0.25, 0.3) is 0 Å². The topological polar surface area (TPSA) is 73.9 Å². The van der Waals surface area contributed by atoms with Crippen molar-refractivity contribution in [3.8, 4) is 11.5 Å². The number of nitrogens with one attached hydrogen (secondary N) is 1. The summed E-state index contributed by atoms with van der Waals surface area (Å²) in [5, 5.41) is 3.35. The van der Waals surface area contributed by atoms with Crippen LogP contribution in [-0.4, -0.2) is 33.1 Å². The molecule has 4 rings (SSSR count). The number of carbonyl (C=O) groups excluding carboxylic acids is 2. The number of ether oxygens (including phenoxy) is 3. The van der Waals surface area contributed by atoms with Gasteiger partial charge in [-0.1, -0.05) is 18.2 Å². The molecule has 0 saturated carbocycles. The van der Waals surface area contributed by atoms with Gasteiger partial charge >= 0.3 is 5.97 Å². The van der Waals surface area contributed by atoms with Crippen LogP contribution in [0.4, 0.5) is 0 Å². The lowest BCUT2D eigenvalue weighted by atomic mass is 9.71. The molecular weight excluding hydrogens is 486 g/mol. The Morgan fingerprint density at radius 3 is 2.30 bits per heavy atom. The van der Waals surface area contributed by atoms with Gasteiger partial charge in [0, 0.05) is 29.3 Å². The molecule has 1 N–H and O–H groups in total. The van der Waals surface area contributed by atoms with E-state index in [-0.39, 0.29) is 11.7 Å². The Morgan fingerprint density at radius 2 is 1.70 bits per heavy atom. The van der Waals surface area contributed by atoms with Gasteiger partial charge < -0.3 is 19.5 Å². The predicted molar refractivity (Wildman–Crippen MR) is 128 cm³/mol. The van der Waals surface area contributed by atoms with E-state index < -0.39 is 11.9 Å². The third-order valence-electron chi connectivity index (χ3n) is 6.33. The van der Waals surface area contributed by atoms with Gasteiger partial charge in [0.15, 0.2) is 5.78 Å². The summed E-state index contributed by atoms with van der Waals surface area (Å²) in [5.74, 6) is 0.564. The zero-order valence-electron chi connectivity index (χ0n) is 19.0. The van der Waals surface area contributed by atoms with Crippen LogP contribution >= 0.6 is 15.9 Å². The first-order chi connectivity index (χ1) is 15.9. The monoisotopic (exact) mass is 511 g/mol. The molecule has 6 nitrogen and oxygen atoms in total. The Balaban J connectivity index is 1.79. The molecule has 0 fully saturated rings. The van der Waals surface area contributed by atoms with Gasteiger partial charge in [0.2, 0.25) is 0 Å². The van der Waals surface area contributed by atoms with Crippen LogP contribution < -0.4 is 14.8 Å². The molecule has 0 radical (unpaired) electrons. The first-order valence-electron chi connectivity index (χ1n) is 10.7. The van der Waals surface area contributed by atoms with Gasteiger partial charge in [-0.25, -0.2) is 4.79 Å². The zero-order chi connectivity index (χ0) is 23.7. The van der Waals surface area contributed by atoms with Crippen molar-refractivity contribution < 1.29 is 23.8 Å². The first-order valence-corrected chi connectivity index (χ1v) is 11.5. The number of halogens is 1. The van der Waals surface area contributed by atoms with E-state index in [1.165, 1.54) is 7.11 Å². The number of allylic oxidation sites excluding steroid dienone is 3. The lowest BCUT2D eigenvalue weighted by Gasteiger charge is -2.36. The van der Waals surface area contributed by atoms with E-state index in [2.05, 4.69) is 21.2 Å². The van der Waals surface area contributed by atoms with Crippen LogP contribution in [0.5, 0.6) is 11.5 Å². The van der Waals surface area contributed by atoms with Crippen LogP contribution in [0.1, 0.15) is 42.7 Å². The molecule has 0 amide bonds. The fraction of sp³-hybridized carbons (Fsp3) is 0.308. The molecule has 2 aromatic carbocycles. The fourth-order valence-corrected chi connectivity index (χ4v) is 5.29. The molecule has 2 aromatic rings. The molecule has 0 unspecified atom stereocenters. The van der Waals surface area contributed by atoms with Crippen LogP contribution in [0.3, 0.4) is 0 Å². The van der Waals surface area contributed by atoms with Crippen LogP contribution in [0, 0.1) is 0 Å². The number of Topliss-reactive ketones (excluding diaryl/α,β-unsaturated/α-hetero) is 1. The molecule has 1 aliphatic carbocycles. The second-order valence-electron chi connectivity index (χ2n) is 8.18. The Morgan fingerprint density at radius 1 is 1.00 bits per heavy atom. The SMILES string of the molecule is COC(=O)C1=C(C)NC2=C(C(=O)C[C@@H](c3ccc(OC)cc3)C2)[C@@H]1c1ccc(OC)c(Br)c1. The van der Waals surface area contributed by atoms with Crippen LogP contribution in [0.2, 0.25) is 0 Å². The van der Waals surface area contributed by atoms with Crippen molar-refractivity contribution in [3.63, 3.8) is 0 Å². The van der Waals surface area contributed by atoms with Crippen molar-refractivity contribution in [2.24, 2.45) is 0 Å². The minimum Gasteiger partial charge on any atom is -0.497 e. The van der Waals surface area contributed by atoms with Crippen molar-refractivity contribution in [3.05, 3.63) is 80.6 Å². The van der Waals surface area contributed by atoms with Gasteiger partial charge in [0.05, 0.1) is 31.4 Å². The Bertz CT molecular complexity index is 1170. The number of ketones is 1. The zero-order valence-corrected chi connectivity index (χ0v) is 20.6. The summed E-state index contributed by atoms with van der Waals surface area (Å²) in [5.41, 5.74) is 4.54. The van der Waals surface area contributed by atoms with Gasteiger partial charge in [-0.3, -0.25) is 4.79 Å². The minimum absolute atomic E-state index is 0.0235. The summed E-state index contributed by atoms with van der Waals surface area (Å²) in [4.78, 5) is 26.4. The quantitative estimate of drug-likeness (QED) is 0.569. The summed E-state index contributed by atoms with van der Waals surface area (Å²) < 4.78 is 16.5. The fourth-order valence-electron chi connectivity index (χ4n) is 4.73. The number of rotatable bonds is 5. The van der Waals surface area contributed by atoms with Crippen molar-refractivity contribution >= 4 is 27.7 Å². The van der Waals surface area contributed by atoms with E-state index in [0.717, 1.165) is 27.0 Å². The Hall–Kier alpha value is -3.06. The molecule has 1 heterocycles. The van der Waals surface area contributed by atoms with Crippen LogP contribution in [-0.2, 0) is 14.3 Å². The summed E-state index contributed by atoms with van der Waals surface area (Å²) in [7, 11) is 4.59. The molecule has 2 aliphatic rings. The smallest absolute Gasteiger partial charge is 0.336 e. The first kappa shape index (κ1) is 23.1. The van der Waals surface area contributed by atoms with E-state index in [0.29, 0.717) is 35.4 Å². The second-order valence-corrected chi connectivity index (χ2v) is 9.03. The van der Waals surface area contributed by atoms with E-state index in [1.54, 1.807) is 14.2 Å². The number of esters is 1. The maximum absolute atomic E-state index is 13.6. The maximum atomic E-state index is 13.6. The molecular formula is C26H26BrNO5. The molecule has 172 valence electrons. The third kappa shape index (κ3) is 4.29. The molecule has 0 bridgehead atoms. The number of dihydropyridines is 1. The van der Waals surface area contributed by atoms with Crippen molar-refractivity contribution in [2.75, 3.05) is 21.3 Å². The third-order valence-corrected chi connectivity index (χ3v) is 6.95. The highest BCUT2D eigenvalue weighted by Gasteiger charge is 2.41. The van der Waals surface area contributed by atoms with Gasteiger partial charge in [-0.05, 0) is 70.6 Å². The standard InChI is InChI=1S/C26H26BrNO5/c1-14-23(26(30)33-4)24(16-7-10-22(32-3)19(27)11-16)25-20(28-14)12-17(13-21(25)29)15-5-8-18(31-2)9-6-15/h5-11,17,24,28H,12-13H2,1-4H3/t17-,24+/m0/s1. The predicted octanol–water partition coefficient (Wildman–Crippen LogP) is 5.00. The highest BCUT2D eigenvalue weighted by molar-refractivity contribution is 9.10. The summed E-state index contributed by atoms with van der Waals surface area (Å²) >= 11 is 3.53. The average Bonchev–Trinajstić information content (AvgIpc) is 2.82. The van der Waals surface area contributed by atoms with Crippen molar-refractivity contribution in [2.45, 2.75) is 31.6 Å². The largest absolute Gasteiger partial charge is 0.497 e. The summed E-state index contributed by atoms with van der Waals surface area (Å²) in [6.45, 7) is 1.85. The maximum Gasteiger partial charge on any atom is 0.336 e. The molecule has 2 atom stereocenters. The number of hydrogen-bond acceptors (Lipinski definition) is 6. The summed E-state index contributed by atoms with van der Waals surface area (Å²) in [6.07, 6.45) is 1.04. The molecule has 1 aliphatic heterocycles. The van der Waals surface area contributed by atoms with E-state index in [4.69, 9.17) is 14.2 Å². The lowest BCUT2D eigenvalue weighted by Crippen LogP contribution is -2.36. The van der Waals surface area contributed by atoms with Gasteiger partial charge in [0.1, 0.15) is 11.5 Å². The number of methoxy groups -OCH3 is 3. The average molecular weight is 512 g/mol. The Kier molecular flexibility index (Phi) is 6.61. The van der Waals surface area contributed by atoms with E-state index >= 15 is 0 Å². The van der Waals surface area contributed by atoms with Gasteiger partial charge in [-0.2, -0.15) is 0 Å². The lowest BCUT2D eigenvalue weighted by molar-refractivity contribution is -0.136. The molecule has 7 heteroatoms. The summed E-state index contributed by atoms with van der Waals surface area (Å²) in [6, 6.07) is 13.5. The Labute approximate surface area is 201 Å². The number of carbonyl (C=O) groups is 2. The van der Waals surface area contributed by atoms with E-state index in [1.807, 2.05) is 49.4 Å². The molecule has 0 aromatic heterocycles. The number of benzene rings is 2.